The van der Waals surface area contributed by atoms with Crippen LogP contribution in [0, 0.1) is 10.1 Å². The number of non-ortho nitro benzene ring substituents is 1. The van der Waals surface area contributed by atoms with Crippen LogP contribution in [0.15, 0.2) is 24.3 Å². The first-order chi connectivity index (χ1) is 10.5. The maximum atomic E-state index is 11.3. The number of nitro groups is 1. The highest BCUT2D eigenvalue weighted by atomic mass is 35.5. The number of hydrogen-bond acceptors (Lipinski definition) is 4. The number of nitrogens with zero attached hydrogens (tertiary/aromatic N) is 1. The Morgan fingerprint density at radius 1 is 1.45 bits per heavy atom. The average Bonchev–Trinajstić information content (AvgIpc) is 2.88. The molecule has 0 spiro atoms. The van der Waals surface area contributed by atoms with Gasteiger partial charge in [0.1, 0.15) is 0 Å². The molecule has 3 N–H and O–H groups in total. The van der Waals surface area contributed by atoms with Crippen molar-refractivity contribution in [2.24, 2.45) is 0 Å². The Morgan fingerprint density at radius 2 is 2.23 bits per heavy atom. The summed E-state index contributed by atoms with van der Waals surface area (Å²) in [4.78, 5) is 10.9. The number of rotatable bonds is 4. The van der Waals surface area contributed by atoms with Crippen LogP contribution >= 0.6 is 11.6 Å². The first kappa shape index (κ1) is 15.0. The van der Waals surface area contributed by atoms with E-state index in [1.54, 1.807) is 12.1 Å². The van der Waals surface area contributed by atoms with Crippen LogP contribution in [0.1, 0.15) is 11.5 Å². The van der Waals surface area contributed by atoms with Crippen molar-refractivity contribution in [2.75, 3.05) is 22.5 Å². The van der Waals surface area contributed by atoms with Gasteiger partial charge in [-0.25, -0.2) is 4.21 Å². The van der Waals surface area contributed by atoms with Crippen molar-refractivity contribution in [2.45, 2.75) is 5.92 Å². The van der Waals surface area contributed by atoms with E-state index in [-0.39, 0.29) is 11.6 Å². The Morgan fingerprint density at radius 3 is 2.86 bits per heavy atom. The molecular formula is C13H12ClN3O4S. The molecule has 0 amide bonds. The van der Waals surface area contributed by atoms with Crippen molar-refractivity contribution in [3.05, 3.63) is 39.9 Å². The molecule has 0 saturated heterocycles. The maximum Gasteiger partial charge on any atom is 0.279 e. The monoisotopic (exact) mass is 341 g/mol. The number of nitro benzene ring substituents is 1. The molecule has 0 radical (unpaired) electrons. The first-order valence-electron chi connectivity index (χ1n) is 6.43. The van der Waals surface area contributed by atoms with Crippen LogP contribution in [-0.4, -0.2) is 26.1 Å². The molecule has 0 fully saturated rings. The van der Waals surface area contributed by atoms with E-state index in [9.17, 15) is 14.3 Å². The third kappa shape index (κ3) is 2.49. The predicted octanol–water partition coefficient (Wildman–Crippen LogP) is 3.04. The van der Waals surface area contributed by atoms with E-state index in [0.29, 0.717) is 23.5 Å². The lowest BCUT2D eigenvalue weighted by molar-refractivity contribution is -0.383. The number of hydrogen-bond donors (Lipinski definition) is 3. The zero-order valence-electron chi connectivity index (χ0n) is 11.2. The van der Waals surface area contributed by atoms with E-state index in [0.717, 1.165) is 16.6 Å². The van der Waals surface area contributed by atoms with Crippen LogP contribution in [-0.2, 0) is 11.3 Å². The zero-order chi connectivity index (χ0) is 15.9. The van der Waals surface area contributed by atoms with Crippen LogP contribution in [0.3, 0.4) is 0 Å². The molecule has 2 unspecified atom stereocenters. The van der Waals surface area contributed by atoms with Gasteiger partial charge in [-0.2, -0.15) is 0 Å². The standard InChI is InChI=1S/C13H12ClN3O4S/c14-5-7-6-15-11-4-12(17(18)19)10-3-8(16-22(20)21)1-2-9(10)13(7)11/h1-4,7,15-16H,5-6H2,(H,20,21). The molecule has 1 aliphatic heterocycles. The van der Waals surface area contributed by atoms with E-state index in [2.05, 4.69) is 10.0 Å². The van der Waals surface area contributed by atoms with E-state index < -0.39 is 16.2 Å². The van der Waals surface area contributed by atoms with Crippen molar-refractivity contribution >= 4 is 50.7 Å². The number of halogens is 1. The van der Waals surface area contributed by atoms with Crippen molar-refractivity contribution < 1.29 is 13.7 Å². The van der Waals surface area contributed by atoms with Gasteiger partial charge in [0.05, 0.1) is 10.3 Å². The van der Waals surface area contributed by atoms with Crippen LogP contribution in [0.5, 0.6) is 0 Å². The van der Waals surface area contributed by atoms with Crippen LogP contribution < -0.4 is 10.0 Å². The summed E-state index contributed by atoms with van der Waals surface area (Å²) in [6.45, 7) is 0.635. The minimum Gasteiger partial charge on any atom is -0.384 e. The van der Waals surface area contributed by atoms with Crippen molar-refractivity contribution in [1.82, 2.24) is 0 Å². The topological polar surface area (TPSA) is 105 Å². The fourth-order valence-corrected chi connectivity index (χ4v) is 3.39. The second-order valence-corrected chi connectivity index (χ2v) is 5.97. The molecule has 0 saturated carbocycles. The molecule has 3 rings (SSSR count). The number of alkyl halides is 1. The van der Waals surface area contributed by atoms with Crippen LogP contribution in [0.2, 0.25) is 0 Å². The summed E-state index contributed by atoms with van der Waals surface area (Å²) >= 11 is 3.74. The Balaban J connectivity index is 2.27. The number of anilines is 2. The summed E-state index contributed by atoms with van der Waals surface area (Å²) in [6.07, 6.45) is 0. The minimum atomic E-state index is -2.24. The number of nitrogens with one attached hydrogen (secondary N) is 2. The highest BCUT2D eigenvalue weighted by Crippen LogP contribution is 2.43. The third-order valence-electron chi connectivity index (χ3n) is 3.69. The third-order valence-corrected chi connectivity index (χ3v) is 4.48. The SMILES string of the molecule is O=[N+]([O-])c1cc2c(c3ccc(NS(=O)O)cc13)C(CCl)CN2. The number of benzene rings is 2. The summed E-state index contributed by atoms with van der Waals surface area (Å²) in [5.41, 5.74) is 1.96. The van der Waals surface area contributed by atoms with Gasteiger partial charge in [0.25, 0.3) is 17.0 Å². The van der Waals surface area contributed by atoms with Gasteiger partial charge in [-0.1, -0.05) is 6.07 Å². The van der Waals surface area contributed by atoms with Gasteiger partial charge in [0, 0.05) is 35.8 Å². The van der Waals surface area contributed by atoms with E-state index in [1.165, 1.54) is 12.1 Å². The second kappa shape index (κ2) is 5.71. The summed E-state index contributed by atoms with van der Waals surface area (Å²) in [5, 5.41) is 15.6. The molecule has 1 aliphatic rings. The first-order valence-corrected chi connectivity index (χ1v) is 8.07. The van der Waals surface area contributed by atoms with Gasteiger partial charge >= 0.3 is 0 Å². The molecule has 22 heavy (non-hydrogen) atoms. The van der Waals surface area contributed by atoms with Gasteiger partial charge in [0.15, 0.2) is 0 Å². The largest absolute Gasteiger partial charge is 0.384 e. The van der Waals surface area contributed by atoms with Gasteiger partial charge in [-0.05, 0) is 23.1 Å². The quantitative estimate of drug-likeness (QED) is 0.343. The van der Waals surface area contributed by atoms with Crippen LogP contribution in [0.4, 0.5) is 17.1 Å². The second-order valence-electron chi connectivity index (χ2n) is 4.96. The molecule has 2 aromatic carbocycles. The van der Waals surface area contributed by atoms with Crippen LogP contribution in [0.25, 0.3) is 10.8 Å². The predicted molar refractivity (Wildman–Crippen MR) is 86.9 cm³/mol. The molecular weight excluding hydrogens is 330 g/mol. The highest BCUT2D eigenvalue weighted by molar-refractivity contribution is 7.80. The Labute approximate surface area is 133 Å². The molecule has 1 heterocycles. The fraction of sp³-hybridized carbons (Fsp3) is 0.231. The van der Waals surface area contributed by atoms with Crippen molar-refractivity contribution in [1.29, 1.82) is 0 Å². The smallest absolute Gasteiger partial charge is 0.279 e. The van der Waals surface area contributed by atoms with Gasteiger partial charge < -0.3 is 5.32 Å². The Kier molecular flexibility index (Phi) is 3.90. The molecule has 7 nitrogen and oxygen atoms in total. The lowest BCUT2D eigenvalue weighted by atomic mass is 9.94. The molecule has 2 atom stereocenters. The van der Waals surface area contributed by atoms with Crippen molar-refractivity contribution in [3.63, 3.8) is 0 Å². The van der Waals surface area contributed by atoms with E-state index >= 15 is 0 Å². The Hall–Kier alpha value is -1.90. The molecule has 0 aromatic heterocycles. The average molecular weight is 342 g/mol. The number of fused-ring (bicyclic) bond motifs is 3. The van der Waals surface area contributed by atoms with Crippen molar-refractivity contribution in [3.8, 4) is 0 Å². The van der Waals surface area contributed by atoms with Gasteiger partial charge in [-0.15, -0.1) is 11.6 Å². The van der Waals surface area contributed by atoms with Gasteiger partial charge in [-0.3, -0.25) is 19.4 Å². The summed E-state index contributed by atoms with van der Waals surface area (Å²) in [7, 11) is 0. The molecule has 0 aliphatic carbocycles. The molecule has 116 valence electrons. The van der Waals surface area contributed by atoms with E-state index in [1.807, 2.05) is 0 Å². The molecule has 0 bridgehead atoms. The summed E-state index contributed by atoms with van der Waals surface area (Å²) in [6, 6.07) is 6.32. The normalized spacial score (nSPS) is 17.8. The Bertz CT molecular complexity index is 798. The lowest BCUT2D eigenvalue weighted by Gasteiger charge is -2.11. The van der Waals surface area contributed by atoms with Gasteiger partial charge in [0.2, 0.25) is 0 Å². The summed E-state index contributed by atoms with van der Waals surface area (Å²) < 4.78 is 22.1. The lowest BCUT2D eigenvalue weighted by Crippen LogP contribution is -2.04. The molecule has 2 aromatic rings. The zero-order valence-corrected chi connectivity index (χ0v) is 12.8. The molecule has 9 heteroatoms. The maximum absolute atomic E-state index is 11.3. The minimum absolute atomic E-state index is 0.0520. The van der Waals surface area contributed by atoms with E-state index in [4.69, 9.17) is 16.2 Å². The fourth-order valence-electron chi connectivity index (χ4n) is 2.80. The summed E-state index contributed by atoms with van der Waals surface area (Å²) in [5.74, 6) is 0.485. The highest BCUT2D eigenvalue weighted by Gasteiger charge is 2.28.